The van der Waals surface area contributed by atoms with Crippen molar-refractivity contribution in [3.8, 4) is 0 Å². The van der Waals surface area contributed by atoms with E-state index in [1.54, 1.807) is 0 Å². The summed E-state index contributed by atoms with van der Waals surface area (Å²) < 4.78 is 6.00. The maximum absolute atomic E-state index is 11.7. The summed E-state index contributed by atoms with van der Waals surface area (Å²) in [4.78, 5) is 16.8. The van der Waals surface area contributed by atoms with Gasteiger partial charge < -0.3 is 10.1 Å². The number of halogens is 1. The number of piperidine rings is 1. The van der Waals surface area contributed by atoms with Crippen LogP contribution in [0.1, 0.15) is 31.7 Å². The molecule has 154 valence electrons. The average molecular weight is 407 g/mol. The van der Waals surface area contributed by atoms with Crippen molar-refractivity contribution >= 4 is 17.5 Å². The number of nitrogens with zero attached hydrogens (tertiary/aromatic N) is 2. The number of likely N-dealkylation sites (tertiary alicyclic amines) is 1. The van der Waals surface area contributed by atoms with E-state index in [4.69, 9.17) is 16.3 Å². The maximum Gasteiger partial charge on any atom is 0.223 e. The molecule has 3 atom stereocenters. The number of rotatable bonds is 4. The third kappa shape index (κ3) is 4.86. The summed E-state index contributed by atoms with van der Waals surface area (Å²) in [5.74, 6) is 0.149. The van der Waals surface area contributed by atoms with E-state index in [0.717, 1.165) is 50.5 Å². The van der Waals surface area contributed by atoms with Crippen LogP contribution in [0.5, 0.6) is 0 Å². The Labute approximate surface area is 172 Å². The third-order valence-corrected chi connectivity index (χ3v) is 6.56. The van der Waals surface area contributed by atoms with E-state index in [9.17, 15) is 4.79 Å². The lowest BCUT2D eigenvalue weighted by molar-refractivity contribution is -0.125. The molecule has 0 aromatic heterocycles. The normalized spacial score (nSPS) is 30.9. The molecule has 3 saturated heterocycles. The quantitative estimate of drug-likeness (QED) is 0.799. The Morgan fingerprint density at radius 3 is 2.68 bits per heavy atom. The fraction of sp³-hybridized carbons (Fsp3) is 0.667. The van der Waals surface area contributed by atoms with Crippen LogP contribution in [0.4, 0.5) is 0 Å². The van der Waals surface area contributed by atoms with E-state index in [0.29, 0.717) is 25.2 Å². The van der Waals surface area contributed by atoms with E-state index in [-0.39, 0.29) is 18.2 Å². The van der Waals surface area contributed by atoms with E-state index in [1.165, 1.54) is 5.56 Å². The topological polar surface area (TPSA) is 56.8 Å². The highest BCUT2D eigenvalue weighted by atomic mass is 35.5. The van der Waals surface area contributed by atoms with Crippen LogP contribution in [0.2, 0.25) is 5.02 Å². The summed E-state index contributed by atoms with van der Waals surface area (Å²) in [6.07, 6.45) is 4.30. The molecule has 1 aromatic carbocycles. The largest absolute Gasteiger partial charge is 0.376 e. The molecule has 1 unspecified atom stereocenters. The number of hydrogen-bond donors (Lipinski definition) is 2. The highest BCUT2D eigenvalue weighted by molar-refractivity contribution is 6.30. The van der Waals surface area contributed by atoms with Gasteiger partial charge >= 0.3 is 0 Å². The van der Waals surface area contributed by atoms with Crippen molar-refractivity contribution < 1.29 is 9.53 Å². The second-order valence-electron chi connectivity index (χ2n) is 8.29. The van der Waals surface area contributed by atoms with Gasteiger partial charge in [0.05, 0.1) is 32.0 Å². The van der Waals surface area contributed by atoms with Crippen LogP contribution in [0.25, 0.3) is 0 Å². The van der Waals surface area contributed by atoms with Crippen molar-refractivity contribution in [3.05, 3.63) is 34.9 Å². The first kappa shape index (κ1) is 20.1. The van der Waals surface area contributed by atoms with E-state index in [1.807, 2.05) is 12.1 Å². The molecule has 3 heterocycles. The average Bonchev–Trinajstić information content (AvgIpc) is 2.71. The SMILES string of the molecule is C[C@H]1CN(C2CCN(C3CC(=O)NCN3)CC2)[C@@H](Cc2ccc(Cl)cc2)CO1. The summed E-state index contributed by atoms with van der Waals surface area (Å²) in [6.45, 7) is 6.60. The first-order chi connectivity index (χ1) is 13.6. The molecular formula is C21H31ClN4O2. The molecule has 3 fully saturated rings. The Bertz CT molecular complexity index is 663. The van der Waals surface area contributed by atoms with Crippen LogP contribution in [0, 0.1) is 0 Å². The van der Waals surface area contributed by atoms with Gasteiger partial charge in [-0.15, -0.1) is 0 Å². The molecule has 0 spiro atoms. The second kappa shape index (κ2) is 9.09. The van der Waals surface area contributed by atoms with Gasteiger partial charge in [0.1, 0.15) is 0 Å². The number of nitrogens with one attached hydrogen (secondary N) is 2. The van der Waals surface area contributed by atoms with Crippen LogP contribution in [-0.2, 0) is 16.0 Å². The van der Waals surface area contributed by atoms with Gasteiger partial charge in [0.25, 0.3) is 0 Å². The van der Waals surface area contributed by atoms with Gasteiger partial charge in [0.2, 0.25) is 5.91 Å². The number of carbonyl (C=O) groups is 1. The monoisotopic (exact) mass is 406 g/mol. The maximum atomic E-state index is 11.7. The minimum atomic E-state index is 0.149. The van der Waals surface area contributed by atoms with Gasteiger partial charge in [-0.3, -0.25) is 19.9 Å². The Hall–Kier alpha value is -1.18. The first-order valence-electron chi connectivity index (χ1n) is 10.4. The van der Waals surface area contributed by atoms with Crippen molar-refractivity contribution in [3.63, 3.8) is 0 Å². The zero-order valence-corrected chi connectivity index (χ0v) is 17.3. The van der Waals surface area contributed by atoms with Crippen molar-refractivity contribution in [1.29, 1.82) is 0 Å². The smallest absolute Gasteiger partial charge is 0.223 e. The molecule has 3 aliphatic rings. The first-order valence-corrected chi connectivity index (χ1v) is 10.8. The van der Waals surface area contributed by atoms with Gasteiger partial charge in [0.15, 0.2) is 0 Å². The van der Waals surface area contributed by atoms with Crippen molar-refractivity contribution in [1.82, 2.24) is 20.4 Å². The molecule has 0 bridgehead atoms. The minimum Gasteiger partial charge on any atom is -0.376 e. The van der Waals surface area contributed by atoms with Gasteiger partial charge in [-0.05, 0) is 43.9 Å². The van der Waals surface area contributed by atoms with Crippen LogP contribution >= 0.6 is 11.6 Å². The molecular weight excluding hydrogens is 376 g/mol. The summed E-state index contributed by atoms with van der Waals surface area (Å²) in [5, 5.41) is 7.04. The predicted molar refractivity (Wildman–Crippen MR) is 110 cm³/mol. The summed E-state index contributed by atoms with van der Waals surface area (Å²) in [5.41, 5.74) is 1.31. The molecule has 7 heteroatoms. The van der Waals surface area contributed by atoms with E-state index < -0.39 is 0 Å². The number of ether oxygens (including phenoxy) is 1. The number of amides is 1. The van der Waals surface area contributed by atoms with Crippen LogP contribution in [0.15, 0.2) is 24.3 Å². The summed E-state index contributed by atoms with van der Waals surface area (Å²) >= 11 is 6.04. The van der Waals surface area contributed by atoms with Gasteiger partial charge in [-0.1, -0.05) is 23.7 Å². The second-order valence-corrected chi connectivity index (χ2v) is 8.73. The predicted octanol–water partition coefficient (Wildman–Crippen LogP) is 1.83. The number of hydrogen-bond acceptors (Lipinski definition) is 5. The zero-order valence-electron chi connectivity index (χ0n) is 16.6. The van der Waals surface area contributed by atoms with Gasteiger partial charge in [0, 0.05) is 36.7 Å². The zero-order chi connectivity index (χ0) is 19.5. The molecule has 4 rings (SSSR count). The molecule has 0 aliphatic carbocycles. The van der Waals surface area contributed by atoms with E-state index >= 15 is 0 Å². The minimum absolute atomic E-state index is 0.149. The van der Waals surface area contributed by atoms with Crippen LogP contribution in [-0.4, -0.2) is 73.0 Å². The molecule has 2 N–H and O–H groups in total. The molecule has 3 aliphatic heterocycles. The Morgan fingerprint density at radius 1 is 1.21 bits per heavy atom. The van der Waals surface area contributed by atoms with Crippen LogP contribution < -0.4 is 10.6 Å². The van der Waals surface area contributed by atoms with E-state index in [2.05, 4.69) is 39.5 Å². The molecule has 1 amide bonds. The molecule has 6 nitrogen and oxygen atoms in total. The Morgan fingerprint density at radius 2 is 1.96 bits per heavy atom. The molecule has 28 heavy (non-hydrogen) atoms. The third-order valence-electron chi connectivity index (χ3n) is 6.31. The number of morpholine rings is 1. The van der Waals surface area contributed by atoms with Crippen LogP contribution in [0.3, 0.4) is 0 Å². The lowest BCUT2D eigenvalue weighted by atomic mass is 9.96. The van der Waals surface area contributed by atoms with Gasteiger partial charge in [-0.2, -0.15) is 0 Å². The van der Waals surface area contributed by atoms with Crippen molar-refractivity contribution in [2.24, 2.45) is 0 Å². The lowest BCUT2D eigenvalue weighted by Crippen LogP contribution is -2.60. The summed E-state index contributed by atoms with van der Waals surface area (Å²) in [7, 11) is 0. The highest BCUT2D eigenvalue weighted by Gasteiger charge is 2.36. The summed E-state index contributed by atoms with van der Waals surface area (Å²) in [6, 6.07) is 9.19. The Balaban J connectivity index is 1.36. The highest BCUT2D eigenvalue weighted by Crippen LogP contribution is 2.26. The van der Waals surface area contributed by atoms with Crippen molar-refractivity contribution in [2.45, 2.75) is 57.0 Å². The molecule has 0 saturated carbocycles. The number of carbonyl (C=O) groups excluding carboxylic acids is 1. The fourth-order valence-electron chi connectivity index (χ4n) is 4.76. The standard InChI is InChI=1S/C21H31ClN4O2/c1-15-12-26(19(13-28-15)10-16-2-4-17(22)5-3-16)18-6-8-25(9-7-18)20-11-21(27)24-14-23-20/h2-5,15,18-20,23H,6-14H2,1H3,(H,24,27)/t15-,19-,20?/m0/s1. The van der Waals surface area contributed by atoms with Gasteiger partial charge in [-0.25, -0.2) is 0 Å². The van der Waals surface area contributed by atoms with Crippen molar-refractivity contribution in [2.75, 3.05) is 32.9 Å². The Kier molecular flexibility index (Phi) is 6.53. The molecule has 0 radical (unpaired) electrons. The fourth-order valence-corrected chi connectivity index (χ4v) is 4.89. The number of benzene rings is 1. The molecule has 1 aromatic rings. The lowest BCUT2D eigenvalue weighted by Gasteiger charge is -2.47.